The number of rotatable bonds is 5. The minimum absolute atomic E-state index is 0. The number of carbonyl (C=O) groups excluding carboxylic acids is 1. The lowest BCUT2D eigenvalue weighted by atomic mass is 10.1. The van der Waals surface area contributed by atoms with Crippen molar-refractivity contribution in [2.45, 2.75) is 13.1 Å². The van der Waals surface area contributed by atoms with Crippen LogP contribution in [0.15, 0.2) is 24.3 Å². The maximum absolute atomic E-state index is 11.1. The average molecular weight is 336 g/mol. The molecule has 0 aliphatic carbocycles. The van der Waals surface area contributed by atoms with Crippen LogP contribution in [-0.2, 0) is 22.6 Å². The number of amides is 1. The molecule has 2 rings (SSSR count). The third-order valence-electron chi connectivity index (χ3n) is 3.21. The Hall–Kier alpha value is -0.850. The molecule has 0 saturated carbocycles. The molecular formula is C14H23Cl2N3O2. The molecule has 21 heavy (non-hydrogen) atoms. The van der Waals surface area contributed by atoms with E-state index in [1.807, 2.05) is 12.1 Å². The van der Waals surface area contributed by atoms with E-state index in [2.05, 4.69) is 22.3 Å². The molecule has 7 heteroatoms. The Balaban J connectivity index is 0.00000200. The summed E-state index contributed by atoms with van der Waals surface area (Å²) in [7, 11) is 0. The molecular weight excluding hydrogens is 313 g/mol. The number of nitrogens with two attached hydrogens (primary N) is 1. The van der Waals surface area contributed by atoms with Crippen molar-refractivity contribution in [2.24, 2.45) is 5.73 Å². The smallest absolute Gasteiger partial charge is 0.234 e. The van der Waals surface area contributed by atoms with E-state index in [0.717, 1.165) is 38.4 Å². The van der Waals surface area contributed by atoms with Crippen molar-refractivity contribution >= 4 is 30.7 Å². The number of ether oxygens (including phenoxy) is 1. The van der Waals surface area contributed by atoms with E-state index in [-0.39, 0.29) is 37.3 Å². The molecule has 1 saturated heterocycles. The molecule has 5 nitrogen and oxygen atoms in total. The summed E-state index contributed by atoms with van der Waals surface area (Å²) in [5.41, 5.74) is 7.61. The van der Waals surface area contributed by atoms with Gasteiger partial charge in [-0.1, -0.05) is 24.3 Å². The van der Waals surface area contributed by atoms with Gasteiger partial charge in [0.1, 0.15) is 0 Å². The Morgan fingerprint density at radius 3 is 2.29 bits per heavy atom. The van der Waals surface area contributed by atoms with Gasteiger partial charge in [0, 0.05) is 26.2 Å². The van der Waals surface area contributed by atoms with Gasteiger partial charge in [0.2, 0.25) is 5.91 Å². The fraction of sp³-hybridized carbons (Fsp3) is 0.500. The van der Waals surface area contributed by atoms with Crippen molar-refractivity contribution in [3.63, 3.8) is 0 Å². The highest BCUT2D eigenvalue weighted by Crippen LogP contribution is 2.09. The van der Waals surface area contributed by atoms with Crippen LogP contribution < -0.4 is 11.1 Å². The molecule has 0 radical (unpaired) electrons. The largest absolute Gasteiger partial charge is 0.379 e. The lowest BCUT2D eigenvalue weighted by molar-refractivity contribution is -0.119. The summed E-state index contributed by atoms with van der Waals surface area (Å²) in [4.78, 5) is 13.4. The summed E-state index contributed by atoms with van der Waals surface area (Å²) in [6.45, 7) is 5.16. The molecule has 1 amide bonds. The molecule has 1 fully saturated rings. The van der Waals surface area contributed by atoms with Gasteiger partial charge in [0.05, 0.1) is 19.8 Å². The van der Waals surface area contributed by atoms with E-state index in [0.29, 0.717) is 6.54 Å². The van der Waals surface area contributed by atoms with Crippen molar-refractivity contribution in [1.29, 1.82) is 0 Å². The van der Waals surface area contributed by atoms with E-state index in [1.54, 1.807) is 0 Å². The second-order valence-electron chi connectivity index (χ2n) is 4.69. The van der Waals surface area contributed by atoms with Crippen LogP contribution in [0.1, 0.15) is 11.1 Å². The van der Waals surface area contributed by atoms with Crippen molar-refractivity contribution in [3.8, 4) is 0 Å². The highest BCUT2D eigenvalue weighted by atomic mass is 35.5. The van der Waals surface area contributed by atoms with E-state index < -0.39 is 0 Å². The fourth-order valence-corrected chi connectivity index (χ4v) is 2.05. The normalized spacial score (nSPS) is 14.7. The van der Waals surface area contributed by atoms with Crippen LogP contribution in [0.25, 0.3) is 0 Å². The van der Waals surface area contributed by atoms with Crippen LogP contribution in [0.4, 0.5) is 0 Å². The van der Waals surface area contributed by atoms with Gasteiger partial charge in [-0.05, 0) is 11.1 Å². The summed E-state index contributed by atoms with van der Waals surface area (Å²) in [6.07, 6.45) is 0. The first-order chi connectivity index (χ1) is 9.28. The molecule has 1 heterocycles. The summed E-state index contributed by atoms with van der Waals surface area (Å²) in [5.74, 6) is -0.127. The number of hydrogen-bond donors (Lipinski definition) is 2. The maximum atomic E-state index is 11.1. The average Bonchev–Trinajstić information content (AvgIpc) is 2.47. The van der Waals surface area contributed by atoms with Crippen molar-refractivity contribution in [1.82, 2.24) is 10.2 Å². The molecule has 3 N–H and O–H groups in total. The zero-order chi connectivity index (χ0) is 13.5. The van der Waals surface area contributed by atoms with Gasteiger partial charge in [-0.25, -0.2) is 0 Å². The third-order valence-corrected chi connectivity index (χ3v) is 3.21. The monoisotopic (exact) mass is 335 g/mol. The Labute approximate surface area is 138 Å². The van der Waals surface area contributed by atoms with Gasteiger partial charge in [-0.2, -0.15) is 0 Å². The highest BCUT2D eigenvalue weighted by molar-refractivity contribution is 5.85. The van der Waals surface area contributed by atoms with Crippen LogP contribution in [0.5, 0.6) is 0 Å². The molecule has 0 spiro atoms. The van der Waals surface area contributed by atoms with Crippen LogP contribution in [0.2, 0.25) is 0 Å². The molecule has 1 aromatic carbocycles. The quantitative estimate of drug-likeness (QED) is 0.840. The first-order valence-electron chi connectivity index (χ1n) is 6.62. The van der Waals surface area contributed by atoms with E-state index in [4.69, 9.17) is 10.5 Å². The Morgan fingerprint density at radius 2 is 1.71 bits per heavy atom. The van der Waals surface area contributed by atoms with Crippen molar-refractivity contribution in [2.75, 3.05) is 32.8 Å². The molecule has 0 unspecified atom stereocenters. The Bertz CT molecular complexity index is 409. The molecule has 0 bridgehead atoms. The van der Waals surface area contributed by atoms with E-state index in [9.17, 15) is 4.79 Å². The fourth-order valence-electron chi connectivity index (χ4n) is 2.05. The van der Waals surface area contributed by atoms with Crippen LogP contribution in [0, 0.1) is 0 Å². The van der Waals surface area contributed by atoms with Crippen LogP contribution in [-0.4, -0.2) is 43.7 Å². The first-order valence-corrected chi connectivity index (χ1v) is 6.62. The van der Waals surface area contributed by atoms with Gasteiger partial charge in [-0.15, -0.1) is 24.8 Å². The SMILES string of the molecule is Cl.Cl.NCC(=O)NCc1ccc(CN2CCOCC2)cc1. The van der Waals surface area contributed by atoms with Crippen LogP contribution in [0.3, 0.4) is 0 Å². The van der Waals surface area contributed by atoms with Gasteiger partial charge in [-0.3, -0.25) is 9.69 Å². The van der Waals surface area contributed by atoms with Gasteiger partial charge < -0.3 is 15.8 Å². The van der Waals surface area contributed by atoms with E-state index in [1.165, 1.54) is 5.56 Å². The van der Waals surface area contributed by atoms with Crippen molar-refractivity contribution in [3.05, 3.63) is 35.4 Å². The number of benzene rings is 1. The lowest BCUT2D eigenvalue weighted by Crippen LogP contribution is -2.35. The molecule has 0 atom stereocenters. The number of nitrogens with zero attached hydrogens (tertiary/aromatic N) is 1. The van der Waals surface area contributed by atoms with Crippen molar-refractivity contribution < 1.29 is 9.53 Å². The standard InChI is InChI=1S/C14H21N3O2.2ClH/c15-9-14(18)16-10-12-1-3-13(4-2-12)11-17-5-7-19-8-6-17;;/h1-4H,5-11,15H2,(H,16,18);2*1H. The zero-order valence-electron chi connectivity index (χ0n) is 11.9. The first kappa shape index (κ1) is 20.1. The predicted octanol–water partition coefficient (Wildman–Crippen LogP) is 0.937. The minimum Gasteiger partial charge on any atom is -0.379 e. The lowest BCUT2D eigenvalue weighted by Gasteiger charge is -2.26. The summed E-state index contributed by atoms with van der Waals surface area (Å²) < 4.78 is 5.33. The zero-order valence-corrected chi connectivity index (χ0v) is 13.5. The van der Waals surface area contributed by atoms with Gasteiger partial charge >= 0.3 is 0 Å². The summed E-state index contributed by atoms with van der Waals surface area (Å²) in [5, 5.41) is 2.76. The molecule has 0 aromatic heterocycles. The summed E-state index contributed by atoms with van der Waals surface area (Å²) >= 11 is 0. The minimum atomic E-state index is -0.127. The molecule has 1 aliphatic rings. The number of halogens is 2. The summed E-state index contributed by atoms with van der Waals surface area (Å²) in [6, 6.07) is 8.32. The maximum Gasteiger partial charge on any atom is 0.234 e. The molecule has 120 valence electrons. The molecule has 1 aromatic rings. The number of carbonyl (C=O) groups is 1. The Kier molecular flexibility index (Phi) is 10.4. The topological polar surface area (TPSA) is 67.6 Å². The van der Waals surface area contributed by atoms with Gasteiger partial charge in [0.15, 0.2) is 0 Å². The Morgan fingerprint density at radius 1 is 1.14 bits per heavy atom. The third kappa shape index (κ3) is 7.11. The second-order valence-corrected chi connectivity index (χ2v) is 4.69. The second kappa shape index (κ2) is 10.8. The number of hydrogen-bond acceptors (Lipinski definition) is 4. The number of nitrogens with one attached hydrogen (secondary N) is 1. The van der Waals surface area contributed by atoms with Crippen LogP contribution >= 0.6 is 24.8 Å². The number of morpholine rings is 1. The predicted molar refractivity (Wildman–Crippen MR) is 87.9 cm³/mol. The van der Waals surface area contributed by atoms with Gasteiger partial charge in [0.25, 0.3) is 0 Å². The molecule has 1 aliphatic heterocycles. The highest BCUT2D eigenvalue weighted by Gasteiger charge is 2.10. The van der Waals surface area contributed by atoms with E-state index >= 15 is 0 Å².